The first-order chi connectivity index (χ1) is 7.89. The second-order valence-electron chi connectivity index (χ2n) is 5.18. The van der Waals surface area contributed by atoms with Crippen molar-refractivity contribution in [2.75, 3.05) is 33.7 Å². The SMILES string of the molecule is CN(C)C1CCN(C(=O)C2CC(F)(F)CN2)C1. The maximum absolute atomic E-state index is 13.0. The molecule has 2 saturated heterocycles. The smallest absolute Gasteiger partial charge is 0.262 e. The zero-order chi connectivity index (χ0) is 12.6. The summed E-state index contributed by atoms with van der Waals surface area (Å²) in [5.74, 6) is -2.91. The van der Waals surface area contributed by atoms with Crippen LogP contribution in [-0.4, -0.2) is 67.4 Å². The van der Waals surface area contributed by atoms with Crippen LogP contribution in [0.15, 0.2) is 0 Å². The molecule has 0 spiro atoms. The van der Waals surface area contributed by atoms with E-state index in [1.165, 1.54) is 0 Å². The predicted octanol–water partition coefficient (Wildman–Crippen LogP) is 0.146. The van der Waals surface area contributed by atoms with Gasteiger partial charge in [0, 0.05) is 25.6 Å². The van der Waals surface area contributed by atoms with E-state index in [4.69, 9.17) is 0 Å². The minimum absolute atomic E-state index is 0.175. The van der Waals surface area contributed by atoms with Gasteiger partial charge in [0.25, 0.3) is 5.92 Å². The summed E-state index contributed by atoms with van der Waals surface area (Å²) in [4.78, 5) is 15.8. The fourth-order valence-electron chi connectivity index (χ4n) is 2.47. The molecule has 2 heterocycles. The molecular formula is C11H19F2N3O. The number of rotatable bonds is 2. The van der Waals surface area contributed by atoms with Crippen molar-refractivity contribution >= 4 is 5.91 Å². The third-order valence-corrected chi connectivity index (χ3v) is 3.61. The van der Waals surface area contributed by atoms with Crippen molar-refractivity contribution in [2.24, 2.45) is 0 Å². The number of hydrogen-bond acceptors (Lipinski definition) is 3. The van der Waals surface area contributed by atoms with Crippen molar-refractivity contribution in [3.8, 4) is 0 Å². The van der Waals surface area contributed by atoms with Crippen LogP contribution < -0.4 is 5.32 Å². The summed E-state index contributed by atoms with van der Waals surface area (Å²) in [6.45, 7) is 0.940. The lowest BCUT2D eigenvalue weighted by atomic mass is 10.1. The quantitative estimate of drug-likeness (QED) is 0.754. The number of nitrogens with zero attached hydrogens (tertiary/aromatic N) is 2. The summed E-state index contributed by atoms with van der Waals surface area (Å²) in [5.41, 5.74) is 0. The van der Waals surface area contributed by atoms with Crippen LogP contribution in [0, 0.1) is 0 Å². The third-order valence-electron chi connectivity index (χ3n) is 3.61. The van der Waals surface area contributed by atoms with Gasteiger partial charge in [0.05, 0.1) is 12.6 Å². The van der Waals surface area contributed by atoms with Crippen LogP contribution in [0.4, 0.5) is 8.78 Å². The molecule has 1 amide bonds. The first-order valence-corrected chi connectivity index (χ1v) is 5.95. The number of amides is 1. The van der Waals surface area contributed by atoms with Crippen LogP contribution in [0.5, 0.6) is 0 Å². The molecule has 2 atom stereocenters. The van der Waals surface area contributed by atoms with E-state index in [0.29, 0.717) is 19.1 Å². The topological polar surface area (TPSA) is 35.6 Å². The Morgan fingerprint density at radius 2 is 2.18 bits per heavy atom. The van der Waals surface area contributed by atoms with Gasteiger partial charge in [-0.05, 0) is 20.5 Å². The Morgan fingerprint density at radius 1 is 1.47 bits per heavy atom. The molecule has 2 fully saturated rings. The van der Waals surface area contributed by atoms with Crippen molar-refractivity contribution in [1.29, 1.82) is 0 Å². The number of carbonyl (C=O) groups excluding carboxylic acids is 1. The highest BCUT2D eigenvalue weighted by Gasteiger charge is 2.44. The Balaban J connectivity index is 1.90. The Bertz CT molecular complexity index is 309. The molecular weight excluding hydrogens is 228 g/mol. The molecule has 2 aliphatic rings. The lowest BCUT2D eigenvalue weighted by Crippen LogP contribution is -2.43. The Labute approximate surface area is 99.9 Å². The largest absolute Gasteiger partial charge is 0.340 e. The maximum atomic E-state index is 13.0. The second-order valence-corrected chi connectivity index (χ2v) is 5.18. The number of likely N-dealkylation sites (N-methyl/N-ethyl adjacent to an activating group) is 1. The molecule has 0 saturated carbocycles. The van der Waals surface area contributed by atoms with Crippen LogP contribution in [0.1, 0.15) is 12.8 Å². The predicted molar refractivity (Wildman–Crippen MR) is 60.0 cm³/mol. The van der Waals surface area contributed by atoms with Crippen molar-refractivity contribution < 1.29 is 13.6 Å². The van der Waals surface area contributed by atoms with Crippen LogP contribution in [0.3, 0.4) is 0 Å². The fourth-order valence-corrected chi connectivity index (χ4v) is 2.47. The Hall–Kier alpha value is -0.750. The fraction of sp³-hybridized carbons (Fsp3) is 0.909. The molecule has 2 rings (SSSR count). The van der Waals surface area contributed by atoms with Gasteiger partial charge in [0.15, 0.2) is 0 Å². The first-order valence-electron chi connectivity index (χ1n) is 5.95. The summed E-state index contributed by atoms with van der Waals surface area (Å²) in [5, 5.41) is 2.61. The minimum Gasteiger partial charge on any atom is -0.340 e. The van der Waals surface area contributed by atoms with Crippen LogP contribution in [-0.2, 0) is 4.79 Å². The van der Waals surface area contributed by atoms with Gasteiger partial charge < -0.3 is 9.80 Å². The standard InChI is InChI=1S/C11H19F2N3O/c1-15(2)8-3-4-16(6-8)10(17)9-5-11(12,13)7-14-9/h8-9,14H,3-7H2,1-2H3. The van der Waals surface area contributed by atoms with E-state index in [9.17, 15) is 13.6 Å². The van der Waals surface area contributed by atoms with E-state index < -0.39 is 12.0 Å². The average Bonchev–Trinajstić information content (AvgIpc) is 2.83. The van der Waals surface area contributed by atoms with E-state index in [1.54, 1.807) is 4.90 Å². The van der Waals surface area contributed by atoms with Gasteiger partial charge in [-0.1, -0.05) is 0 Å². The number of likely N-dealkylation sites (tertiary alicyclic amines) is 1. The highest BCUT2D eigenvalue weighted by atomic mass is 19.3. The van der Waals surface area contributed by atoms with Gasteiger partial charge in [0.2, 0.25) is 5.91 Å². The molecule has 0 aromatic rings. The summed E-state index contributed by atoms with van der Waals surface area (Å²) in [6.07, 6.45) is 0.552. The molecule has 0 aliphatic carbocycles. The highest BCUT2D eigenvalue weighted by molar-refractivity contribution is 5.82. The summed E-state index contributed by atoms with van der Waals surface area (Å²) in [6, 6.07) is -0.355. The van der Waals surface area contributed by atoms with Crippen molar-refractivity contribution in [3.63, 3.8) is 0 Å². The molecule has 2 aliphatic heterocycles. The van der Waals surface area contributed by atoms with E-state index in [1.807, 2.05) is 14.1 Å². The van der Waals surface area contributed by atoms with Gasteiger partial charge in [0.1, 0.15) is 0 Å². The second kappa shape index (κ2) is 4.49. The van der Waals surface area contributed by atoms with E-state index >= 15 is 0 Å². The first kappa shape index (κ1) is 12.7. The van der Waals surface area contributed by atoms with Gasteiger partial charge in [-0.15, -0.1) is 0 Å². The molecule has 2 unspecified atom stereocenters. The summed E-state index contributed by atoms with van der Waals surface area (Å²) in [7, 11) is 3.95. The number of alkyl halides is 2. The highest BCUT2D eigenvalue weighted by Crippen LogP contribution is 2.27. The average molecular weight is 247 g/mol. The van der Waals surface area contributed by atoms with E-state index in [2.05, 4.69) is 10.2 Å². The lowest BCUT2D eigenvalue weighted by molar-refractivity contribution is -0.132. The zero-order valence-electron chi connectivity index (χ0n) is 10.2. The number of carbonyl (C=O) groups is 1. The molecule has 4 nitrogen and oxygen atoms in total. The van der Waals surface area contributed by atoms with E-state index in [-0.39, 0.29) is 18.9 Å². The third kappa shape index (κ3) is 2.74. The van der Waals surface area contributed by atoms with Crippen molar-refractivity contribution in [2.45, 2.75) is 30.8 Å². The molecule has 6 heteroatoms. The summed E-state index contributed by atoms with van der Waals surface area (Å²) < 4.78 is 26.0. The van der Waals surface area contributed by atoms with Crippen LogP contribution >= 0.6 is 0 Å². The molecule has 0 aromatic heterocycles. The van der Waals surface area contributed by atoms with Gasteiger partial charge >= 0.3 is 0 Å². The lowest BCUT2D eigenvalue weighted by Gasteiger charge is -2.22. The van der Waals surface area contributed by atoms with Crippen LogP contribution in [0.2, 0.25) is 0 Å². The van der Waals surface area contributed by atoms with Gasteiger partial charge in [-0.25, -0.2) is 8.78 Å². The molecule has 0 radical (unpaired) electrons. The molecule has 1 N–H and O–H groups in total. The number of nitrogens with one attached hydrogen (secondary N) is 1. The van der Waals surface area contributed by atoms with Gasteiger partial charge in [-0.3, -0.25) is 10.1 Å². The maximum Gasteiger partial charge on any atom is 0.262 e. The Kier molecular flexibility index (Phi) is 3.36. The molecule has 98 valence electrons. The van der Waals surface area contributed by atoms with E-state index in [0.717, 1.165) is 6.42 Å². The zero-order valence-corrected chi connectivity index (χ0v) is 10.2. The van der Waals surface area contributed by atoms with Gasteiger partial charge in [-0.2, -0.15) is 0 Å². The molecule has 17 heavy (non-hydrogen) atoms. The summed E-state index contributed by atoms with van der Waals surface area (Å²) >= 11 is 0. The van der Waals surface area contributed by atoms with Crippen molar-refractivity contribution in [1.82, 2.24) is 15.1 Å². The van der Waals surface area contributed by atoms with Crippen LogP contribution in [0.25, 0.3) is 0 Å². The number of hydrogen-bond donors (Lipinski definition) is 1. The monoisotopic (exact) mass is 247 g/mol. The Morgan fingerprint density at radius 3 is 2.65 bits per heavy atom. The minimum atomic E-state index is -2.74. The van der Waals surface area contributed by atoms with Crippen molar-refractivity contribution in [3.05, 3.63) is 0 Å². The molecule has 0 aromatic carbocycles. The molecule has 0 bridgehead atoms. The normalized spacial score (nSPS) is 32.4. The number of halogens is 2.